The molecule has 0 saturated heterocycles. The summed E-state index contributed by atoms with van der Waals surface area (Å²) in [5.74, 6) is 0. The Kier molecular flexibility index (Phi) is 4.93. The zero-order chi connectivity index (χ0) is 10.6. The summed E-state index contributed by atoms with van der Waals surface area (Å²) in [6.07, 6.45) is 1.94. The Labute approximate surface area is 82.9 Å². The Morgan fingerprint density at radius 2 is 1.77 bits per heavy atom. The number of aliphatic hydroxyl groups is 1. The van der Waals surface area contributed by atoms with Gasteiger partial charge < -0.3 is 5.11 Å². The molecule has 0 heterocycles. The van der Waals surface area contributed by atoms with Crippen molar-refractivity contribution in [1.29, 1.82) is 0 Å². The van der Waals surface area contributed by atoms with Gasteiger partial charge in [0.25, 0.3) is 0 Å². The topological polar surface area (TPSA) is 23.5 Å². The van der Waals surface area contributed by atoms with E-state index in [1.54, 1.807) is 0 Å². The molecule has 0 aliphatic rings. The van der Waals surface area contributed by atoms with Gasteiger partial charge in [0.15, 0.2) is 0 Å². The quantitative estimate of drug-likeness (QED) is 0.730. The van der Waals surface area contributed by atoms with E-state index in [1.165, 1.54) is 0 Å². The Morgan fingerprint density at radius 3 is 2.00 bits per heavy atom. The molecule has 0 fully saturated rings. The second-order valence-electron chi connectivity index (χ2n) is 4.88. The standard InChI is InChI=1S/C11H25NO/c1-7-8-10(9(2)13)12(6)11(3,4)5/h9-10,13H,7-8H2,1-6H3. The predicted molar refractivity (Wildman–Crippen MR) is 57.9 cm³/mol. The lowest BCUT2D eigenvalue weighted by Gasteiger charge is -2.40. The minimum atomic E-state index is -0.246. The van der Waals surface area contributed by atoms with Gasteiger partial charge in [-0.15, -0.1) is 0 Å². The molecule has 0 aliphatic carbocycles. The SMILES string of the molecule is CCCC(C(C)O)N(C)C(C)(C)C. The first-order chi connectivity index (χ1) is 5.80. The maximum absolute atomic E-state index is 9.64. The fraction of sp³-hybridized carbons (Fsp3) is 1.00. The molecule has 2 heteroatoms. The smallest absolute Gasteiger partial charge is 0.0667 e. The van der Waals surface area contributed by atoms with Gasteiger partial charge in [-0.3, -0.25) is 4.90 Å². The van der Waals surface area contributed by atoms with Crippen LogP contribution in [0.1, 0.15) is 47.5 Å². The van der Waals surface area contributed by atoms with Crippen LogP contribution in [0.25, 0.3) is 0 Å². The Bertz CT molecular complexity index is 138. The van der Waals surface area contributed by atoms with Crippen molar-refractivity contribution in [2.24, 2.45) is 0 Å². The monoisotopic (exact) mass is 187 g/mol. The fourth-order valence-corrected chi connectivity index (χ4v) is 1.55. The molecule has 2 unspecified atom stereocenters. The third-order valence-corrected chi connectivity index (χ3v) is 2.70. The number of hydrogen-bond donors (Lipinski definition) is 1. The van der Waals surface area contributed by atoms with Gasteiger partial charge in [-0.2, -0.15) is 0 Å². The lowest BCUT2D eigenvalue weighted by molar-refractivity contribution is 0.0214. The van der Waals surface area contributed by atoms with Gasteiger partial charge in [-0.05, 0) is 41.2 Å². The molecule has 0 radical (unpaired) electrons. The van der Waals surface area contributed by atoms with Gasteiger partial charge in [0.1, 0.15) is 0 Å². The van der Waals surface area contributed by atoms with Crippen molar-refractivity contribution in [2.75, 3.05) is 7.05 Å². The first-order valence-electron chi connectivity index (χ1n) is 5.21. The van der Waals surface area contributed by atoms with E-state index in [4.69, 9.17) is 0 Å². The van der Waals surface area contributed by atoms with Crippen LogP contribution in [0.15, 0.2) is 0 Å². The van der Waals surface area contributed by atoms with Crippen molar-refractivity contribution >= 4 is 0 Å². The fourth-order valence-electron chi connectivity index (χ4n) is 1.55. The van der Waals surface area contributed by atoms with E-state index in [2.05, 4.69) is 39.6 Å². The van der Waals surface area contributed by atoms with Crippen LogP contribution in [0.4, 0.5) is 0 Å². The van der Waals surface area contributed by atoms with E-state index >= 15 is 0 Å². The molecule has 1 N–H and O–H groups in total. The number of likely N-dealkylation sites (N-methyl/N-ethyl adjacent to an activating group) is 1. The third kappa shape index (κ3) is 4.10. The van der Waals surface area contributed by atoms with Gasteiger partial charge >= 0.3 is 0 Å². The number of rotatable bonds is 4. The van der Waals surface area contributed by atoms with Crippen LogP contribution in [-0.2, 0) is 0 Å². The molecule has 13 heavy (non-hydrogen) atoms. The minimum absolute atomic E-state index is 0.136. The summed E-state index contributed by atoms with van der Waals surface area (Å²) >= 11 is 0. The van der Waals surface area contributed by atoms with Crippen LogP contribution >= 0.6 is 0 Å². The Hall–Kier alpha value is -0.0800. The molecule has 0 spiro atoms. The summed E-state index contributed by atoms with van der Waals surface area (Å²) in [4.78, 5) is 2.27. The number of hydrogen-bond acceptors (Lipinski definition) is 2. The summed E-state index contributed by atoms with van der Waals surface area (Å²) in [5.41, 5.74) is 0.136. The van der Waals surface area contributed by atoms with Crippen LogP contribution in [-0.4, -0.2) is 34.7 Å². The summed E-state index contributed by atoms with van der Waals surface area (Å²) in [6.45, 7) is 10.6. The van der Waals surface area contributed by atoms with Crippen LogP contribution in [0.5, 0.6) is 0 Å². The molecule has 0 amide bonds. The van der Waals surface area contributed by atoms with E-state index in [1.807, 2.05) is 6.92 Å². The largest absolute Gasteiger partial charge is 0.392 e. The van der Waals surface area contributed by atoms with Gasteiger partial charge in [0.2, 0.25) is 0 Å². The molecule has 0 saturated carbocycles. The lowest BCUT2D eigenvalue weighted by atomic mass is 9.98. The molecule has 0 aromatic heterocycles. The molecular formula is C11H25NO. The molecule has 0 aliphatic heterocycles. The molecule has 0 bridgehead atoms. The van der Waals surface area contributed by atoms with Crippen LogP contribution in [0, 0.1) is 0 Å². The second-order valence-corrected chi connectivity index (χ2v) is 4.88. The van der Waals surface area contributed by atoms with E-state index < -0.39 is 0 Å². The van der Waals surface area contributed by atoms with Crippen LogP contribution in [0.2, 0.25) is 0 Å². The van der Waals surface area contributed by atoms with E-state index in [9.17, 15) is 5.11 Å². The number of aliphatic hydroxyl groups excluding tert-OH is 1. The van der Waals surface area contributed by atoms with Crippen molar-refractivity contribution in [3.8, 4) is 0 Å². The summed E-state index contributed by atoms with van der Waals surface area (Å²) in [7, 11) is 2.09. The average Bonchev–Trinajstić information content (AvgIpc) is 1.96. The molecular weight excluding hydrogens is 162 g/mol. The van der Waals surface area contributed by atoms with Crippen LogP contribution in [0.3, 0.4) is 0 Å². The molecule has 80 valence electrons. The highest BCUT2D eigenvalue weighted by molar-refractivity contribution is 4.82. The molecule has 0 aromatic carbocycles. The third-order valence-electron chi connectivity index (χ3n) is 2.70. The summed E-state index contributed by atoms with van der Waals surface area (Å²) < 4.78 is 0. The molecule has 2 atom stereocenters. The van der Waals surface area contributed by atoms with Crippen molar-refractivity contribution in [1.82, 2.24) is 4.90 Å². The van der Waals surface area contributed by atoms with Crippen LogP contribution < -0.4 is 0 Å². The maximum atomic E-state index is 9.64. The zero-order valence-corrected chi connectivity index (χ0v) is 9.96. The number of nitrogens with zero attached hydrogens (tertiary/aromatic N) is 1. The Morgan fingerprint density at radius 1 is 1.31 bits per heavy atom. The summed E-state index contributed by atoms with van der Waals surface area (Å²) in [5, 5.41) is 9.64. The maximum Gasteiger partial charge on any atom is 0.0667 e. The van der Waals surface area contributed by atoms with E-state index in [0.29, 0.717) is 0 Å². The molecule has 0 rings (SSSR count). The zero-order valence-electron chi connectivity index (χ0n) is 9.96. The molecule has 2 nitrogen and oxygen atoms in total. The van der Waals surface area contributed by atoms with Gasteiger partial charge in [0, 0.05) is 11.6 Å². The van der Waals surface area contributed by atoms with E-state index in [0.717, 1.165) is 12.8 Å². The lowest BCUT2D eigenvalue weighted by Crippen LogP contribution is -2.49. The predicted octanol–water partition coefficient (Wildman–Crippen LogP) is 2.27. The van der Waals surface area contributed by atoms with Crippen molar-refractivity contribution in [3.63, 3.8) is 0 Å². The van der Waals surface area contributed by atoms with Crippen molar-refractivity contribution < 1.29 is 5.11 Å². The first kappa shape index (κ1) is 12.9. The highest BCUT2D eigenvalue weighted by Gasteiger charge is 2.27. The summed E-state index contributed by atoms with van der Waals surface area (Å²) in [6, 6.07) is 0.282. The molecule has 0 aromatic rings. The van der Waals surface area contributed by atoms with Crippen molar-refractivity contribution in [3.05, 3.63) is 0 Å². The average molecular weight is 187 g/mol. The highest BCUT2D eigenvalue weighted by Crippen LogP contribution is 2.19. The van der Waals surface area contributed by atoms with Gasteiger partial charge in [-0.1, -0.05) is 13.3 Å². The second kappa shape index (κ2) is 4.97. The van der Waals surface area contributed by atoms with Gasteiger partial charge in [-0.25, -0.2) is 0 Å². The minimum Gasteiger partial charge on any atom is -0.392 e. The van der Waals surface area contributed by atoms with Crippen molar-refractivity contribution in [2.45, 2.75) is 65.1 Å². The van der Waals surface area contributed by atoms with E-state index in [-0.39, 0.29) is 17.7 Å². The Balaban J connectivity index is 4.36. The first-order valence-corrected chi connectivity index (χ1v) is 5.21. The highest BCUT2D eigenvalue weighted by atomic mass is 16.3. The van der Waals surface area contributed by atoms with Gasteiger partial charge in [0.05, 0.1) is 6.10 Å². The normalized spacial score (nSPS) is 17.5.